The van der Waals surface area contributed by atoms with Gasteiger partial charge in [0, 0.05) is 0 Å². The zero-order chi connectivity index (χ0) is 9.26. The highest BCUT2D eigenvalue weighted by Crippen LogP contribution is 2.40. The van der Waals surface area contributed by atoms with Crippen molar-refractivity contribution in [2.45, 2.75) is 58.0 Å². The van der Waals surface area contributed by atoms with Crippen LogP contribution in [0.2, 0.25) is 0 Å². The molecule has 1 N–H and O–H groups in total. The van der Waals surface area contributed by atoms with Crippen LogP contribution in [0.15, 0.2) is 0 Å². The molecule has 0 radical (unpaired) electrons. The molecule has 0 bridgehead atoms. The molecule has 4 atom stereocenters. The molecule has 2 aliphatic carbocycles. The molecule has 1 nitrogen and oxygen atoms in total. The molecular weight excluding hydrogens is 160 g/mol. The summed E-state index contributed by atoms with van der Waals surface area (Å²) in [6.45, 7) is 2.39. The zero-order valence-electron chi connectivity index (χ0n) is 8.71. The first-order valence-electron chi connectivity index (χ1n) is 5.93. The second-order valence-corrected chi connectivity index (χ2v) is 5.26. The van der Waals surface area contributed by atoms with Crippen LogP contribution in [0, 0.1) is 17.8 Å². The molecule has 13 heavy (non-hydrogen) atoms. The van der Waals surface area contributed by atoms with Crippen molar-refractivity contribution in [3.8, 4) is 0 Å². The molecule has 0 aromatic heterocycles. The van der Waals surface area contributed by atoms with Crippen molar-refractivity contribution >= 4 is 0 Å². The van der Waals surface area contributed by atoms with E-state index in [0.717, 1.165) is 30.6 Å². The maximum atomic E-state index is 9.50. The van der Waals surface area contributed by atoms with Crippen LogP contribution in [0.4, 0.5) is 0 Å². The summed E-state index contributed by atoms with van der Waals surface area (Å²) in [6, 6.07) is 0. The molecular formula is C12H22O. The van der Waals surface area contributed by atoms with Crippen molar-refractivity contribution in [1.82, 2.24) is 0 Å². The standard InChI is InChI=1S/C12H22O/c1-9-3-2-4-10(7-9)11-5-6-12(13)8-11/h9-13H,2-8H2,1H3. The van der Waals surface area contributed by atoms with Gasteiger partial charge in [0.1, 0.15) is 0 Å². The summed E-state index contributed by atoms with van der Waals surface area (Å²) in [5.41, 5.74) is 0. The van der Waals surface area contributed by atoms with Gasteiger partial charge >= 0.3 is 0 Å². The van der Waals surface area contributed by atoms with Crippen molar-refractivity contribution < 1.29 is 5.11 Å². The Bertz CT molecular complexity index is 167. The van der Waals surface area contributed by atoms with Gasteiger partial charge in [-0.1, -0.05) is 26.2 Å². The van der Waals surface area contributed by atoms with E-state index in [2.05, 4.69) is 6.92 Å². The lowest BCUT2D eigenvalue weighted by Gasteiger charge is -2.31. The van der Waals surface area contributed by atoms with Crippen LogP contribution in [0.3, 0.4) is 0 Å². The van der Waals surface area contributed by atoms with Crippen LogP contribution < -0.4 is 0 Å². The molecule has 0 aliphatic heterocycles. The van der Waals surface area contributed by atoms with Crippen LogP contribution in [-0.2, 0) is 0 Å². The highest BCUT2D eigenvalue weighted by molar-refractivity contribution is 4.83. The number of aliphatic hydroxyl groups is 1. The highest BCUT2D eigenvalue weighted by atomic mass is 16.3. The van der Waals surface area contributed by atoms with Crippen LogP contribution in [0.1, 0.15) is 51.9 Å². The monoisotopic (exact) mass is 182 g/mol. The van der Waals surface area contributed by atoms with E-state index in [0.29, 0.717) is 0 Å². The Kier molecular flexibility index (Phi) is 2.92. The summed E-state index contributed by atoms with van der Waals surface area (Å²) < 4.78 is 0. The van der Waals surface area contributed by atoms with E-state index in [1.807, 2.05) is 0 Å². The molecule has 2 aliphatic rings. The first kappa shape index (κ1) is 9.51. The SMILES string of the molecule is CC1CCCC(C2CCC(O)C2)C1. The Morgan fingerprint density at radius 3 is 2.31 bits per heavy atom. The van der Waals surface area contributed by atoms with Gasteiger partial charge < -0.3 is 5.11 Å². The Labute approximate surface area is 81.5 Å². The van der Waals surface area contributed by atoms with Gasteiger partial charge in [0.15, 0.2) is 0 Å². The maximum absolute atomic E-state index is 9.50. The zero-order valence-corrected chi connectivity index (χ0v) is 8.71. The van der Waals surface area contributed by atoms with E-state index in [9.17, 15) is 5.11 Å². The molecule has 76 valence electrons. The molecule has 2 fully saturated rings. The third-order valence-corrected chi connectivity index (χ3v) is 4.09. The molecule has 0 aromatic carbocycles. The molecule has 4 unspecified atom stereocenters. The number of hydrogen-bond acceptors (Lipinski definition) is 1. The van der Waals surface area contributed by atoms with Gasteiger partial charge in [-0.2, -0.15) is 0 Å². The average molecular weight is 182 g/mol. The Morgan fingerprint density at radius 2 is 1.69 bits per heavy atom. The lowest BCUT2D eigenvalue weighted by atomic mass is 9.75. The van der Waals surface area contributed by atoms with Gasteiger partial charge in [-0.3, -0.25) is 0 Å². The second-order valence-electron chi connectivity index (χ2n) is 5.26. The first-order chi connectivity index (χ1) is 6.25. The lowest BCUT2D eigenvalue weighted by molar-refractivity contribution is 0.155. The van der Waals surface area contributed by atoms with Crippen molar-refractivity contribution in [3.63, 3.8) is 0 Å². The van der Waals surface area contributed by atoms with Crippen LogP contribution in [0.5, 0.6) is 0 Å². The summed E-state index contributed by atoms with van der Waals surface area (Å²) in [4.78, 5) is 0. The van der Waals surface area contributed by atoms with E-state index in [1.54, 1.807) is 0 Å². The molecule has 0 saturated heterocycles. The van der Waals surface area contributed by atoms with Crippen LogP contribution in [-0.4, -0.2) is 11.2 Å². The summed E-state index contributed by atoms with van der Waals surface area (Å²) in [5, 5.41) is 9.50. The van der Waals surface area contributed by atoms with Crippen molar-refractivity contribution in [3.05, 3.63) is 0 Å². The van der Waals surface area contributed by atoms with Gasteiger partial charge in [0.2, 0.25) is 0 Å². The molecule has 0 spiro atoms. The topological polar surface area (TPSA) is 20.2 Å². The Morgan fingerprint density at radius 1 is 0.923 bits per heavy atom. The van der Waals surface area contributed by atoms with E-state index >= 15 is 0 Å². The molecule has 2 rings (SSSR count). The predicted molar refractivity (Wildman–Crippen MR) is 54.5 cm³/mol. The van der Waals surface area contributed by atoms with Gasteiger partial charge in [-0.15, -0.1) is 0 Å². The molecule has 0 aromatic rings. The van der Waals surface area contributed by atoms with Crippen molar-refractivity contribution in [1.29, 1.82) is 0 Å². The maximum Gasteiger partial charge on any atom is 0.0543 e. The average Bonchev–Trinajstić information content (AvgIpc) is 2.52. The van der Waals surface area contributed by atoms with Crippen molar-refractivity contribution in [2.24, 2.45) is 17.8 Å². The third kappa shape index (κ3) is 2.25. The minimum Gasteiger partial charge on any atom is -0.393 e. The number of hydrogen-bond donors (Lipinski definition) is 1. The number of rotatable bonds is 1. The van der Waals surface area contributed by atoms with Gasteiger partial charge in [-0.05, 0) is 43.4 Å². The van der Waals surface area contributed by atoms with E-state index < -0.39 is 0 Å². The van der Waals surface area contributed by atoms with Crippen LogP contribution >= 0.6 is 0 Å². The number of aliphatic hydroxyl groups excluding tert-OH is 1. The summed E-state index contributed by atoms with van der Waals surface area (Å²) in [6.07, 6.45) is 9.21. The lowest BCUT2D eigenvalue weighted by Crippen LogP contribution is -2.20. The minimum atomic E-state index is 0.0298. The smallest absolute Gasteiger partial charge is 0.0543 e. The van der Waals surface area contributed by atoms with Crippen LogP contribution in [0.25, 0.3) is 0 Å². The third-order valence-electron chi connectivity index (χ3n) is 4.09. The molecule has 0 amide bonds. The fourth-order valence-corrected chi connectivity index (χ4v) is 3.33. The Balaban J connectivity index is 1.85. The van der Waals surface area contributed by atoms with E-state index in [-0.39, 0.29) is 6.10 Å². The molecule has 2 saturated carbocycles. The molecule has 0 heterocycles. The van der Waals surface area contributed by atoms with Gasteiger partial charge in [0.05, 0.1) is 6.10 Å². The van der Waals surface area contributed by atoms with E-state index in [1.165, 1.54) is 32.1 Å². The van der Waals surface area contributed by atoms with Crippen molar-refractivity contribution in [2.75, 3.05) is 0 Å². The minimum absolute atomic E-state index is 0.0298. The first-order valence-corrected chi connectivity index (χ1v) is 5.93. The summed E-state index contributed by atoms with van der Waals surface area (Å²) in [7, 11) is 0. The normalized spacial score (nSPS) is 46.6. The summed E-state index contributed by atoms with van der Waals surface area (Å²) >= 11 is 0. The van der Waals surface area contributed by atoms with Gasteiger partial charge in [-0.25, -0.2) is 0 Å². The van der Waals surface area contributed by atoms with Gasteiger partial charge in [0.25, 0.3) is 0 Å². The fourth-order valence-electron chi connectivity index (χ4n) is 3.33. The quantitative estimate of drug-likeness (QED) is 0.661. The predicted octanol–water partition coefficient (Wildman–Crippen LogP) is 2.97. The van der Waals surface area contributed by atoms with E-state index in [4.69, 9.17) is 0 Å². The largest absolute Gasteiger partial charge is 0.393 e. The second kappa shape index (κ2) is 4.00. The fraction of sp³-hybridized carbons (Fsp3) is 1.00. The Hall–Kier alpha value is -0.0400. The highest BCUT2D eigenvalue weighted by Gasteiger charge is 2.31. The summed E-state index contributed by atoms with van der Waals surface area (Å²) in [5.74, 6) is 2.75. The molecule has 1 heteroatoms.